The number of ether oxygens (including phenoxy) is 2. The number of amides is 3. The fourth-order valence-electron chi connectivity index (χ4n) is 3.21. The third-order valence-corrected chi connectivity index (χ3v) is 4.71. The smallest absolute Gasteiger partial charge is 0.262 e. The van der Waals surface area contributed by atoms with Gasteiger partial charge < -0.3 is 25.0 Å². The van der Waals surface area contributed by atoms with Crippen LogP contribution in [0, 0.1) is 5.92 Å². The number of carbonyl (C=O) groups excluding carboxylic acids is 3. The molecule has 1 fully saturated rings. The molecule has 0 aromatic heterocycles. The second-order valence-electron chi connectivity index (χ2n) is 6.81. The van der Waals surface area contributed by atoms with Gasteiger partial charge in [-0.15, -0.1) is 0 Å². The van der Waals surface area contributed by atoms with Crippen LogP contribution < -0.4 is 25.0 Å². The average Bonchev–Trinajstić information content (AvgIpc) is 3.15. The first-order valence-corrected chi connectivity index (χ1v) is 9.77. The molecule has 1 saturated heterocycles. The zero-order valence-corrected chi connectivity index (χ0v) is 17.0. The average molecular weight is 411 g/mol. The Kier molecular flexibility index (Phi) is 6.90. The number of nitrogens with zero attached hydrogens (tertiary/aromatic N) is 1. The highest BCUT2D eigenvalue weighted by Crippen LogP contribution is 2.27. The summed E-state index contributed by atoms with van der Waals surface area (Å²) in [6.45, 7) is 2.69. The van der Waals surface area contributed by atoms with Crippen molar-refractivity contribution >= 4 is 29.1 Å². The Bertz CT molecular complexity index is 896. The van der Waals surface area contributed by atoms with E-state index in [2.05, 4.69) is 10.6 Å². The van der Waals surface area contributed by atoms with Gasteiger partial charge in [-0.25, -0.2) is 0 Å². The van der Waals surface area contributed by atoms with Crippen LogP contribution in [0.1, 0.15) is 13.3 Å². The first-order chi connectivity index (χ1) is 14.5. The maximum atomic E-state index is 12.2. The highest BCUT2D eigenvalue weighted by atomic mass is 16.5. The van der Waals surface area contributed by atoms with Crippen molar-refractivity contribution in [1.29, 1.82) is 0 Å². The van der Waals surface area contributed by atoms with Crippen molar-refractivity contribution in [2.75, 3.05) is 37.0 Å². The van der Waals surface area contributed by atoms with E-state index in [9.17, 15) is 14.4 Å². The molecule has 1 aliphatic heterocycles. The fraction of sp³-hybridized carbons (Fsp3) is 0.318. The molecule has 0 saturated carbocycles. The second kappa shape index (κ2) is 9.78. The highest BCUT2D eigenvalue weighted by Gasteiger charge is 2.34. The molecule has 30 heavy (non-hydrogen) atoms. The van der Waals surface area contributed by atoms with Gasteiger partial charge in [0.1, 0.15) is 11.5 Å². The molecule has 0 radical (unpaired) electrons. The van der Waals surface area contributed by atoms with Gasteiger partial charge in [0.05, 0.1) is 12.5 Å². The van der Waals surface area contributed by atoms with Gasteiger partial charge >= 0.3 is 0 Å². The molecular weight excluding hydrogens is 386 g/mol. The maximum Gasteiger partial charge on any atom is 0.262 e. The summed E-state index contributed by atoms with van der Waals surface area (Å²) >= 11 is 0. The summed E-state index contributed by atoms with van der Waals surface area (Å²) in [5.74, 6) is 0.396. The fourth-order valence-corrected chi connectivity index (χ4v) is 3.21. The summed E-state index contributed by atoms with van der Waals surface area (Å²) in [5, 5.41) is 5.33. The van der Waals surface area contributed by atoms with Crippen LogP contribution in [0.25, 0.3) is 0 Å². The largest absolute Gasteiger partial charge is 0.494 e. The number of anilines is 2. The molecule has 1 aliphatic rings. The monoisotopic (exact) mass is 411 g/mol. The van der Waals surface area contributed by atoms with Crippen LogP contribution in [0.3, 0.4) is 0 Å². The summed E-state index contributed by atoms with van der Waals surface area (Å²) in [6.07, 6.45) is 0.198. The Balaban J connectivity index is 1.50. The molecular formula is C22H25N3O5. The molecule has 3 rings (SSSR count). The van der Waals surface area contributed by atoms with Crippen LogP contribution in [-0.4, -0.2) is 44.5 Å². The lowest BCUT2D eigenvalue weighted by Crippen LogP contribution is -2.30. The van der Waals surface area contributed by atoms with E-state index in [4.69, 9.17) is 9.47 Å². The molecule has 8 heteroatoms. The molecule has 2 aromatic rings. The van der Waals surface area contributed by atoms with Crippen molar-refractivity contribution in [2.45, 2.75) is 13.3 Å². The lowest BCUT2D eigenvalue weighted by molar-refractivity contribution is -0.125. The van der Waals surface area contributed by atoms with Gasteiger partial charge in [0.25, 0.3) is 5.91 Å². The standard InChI is InChI=1S/C22H25N3O5/c1-3-29-18-8-4-16(5-9-18)24-20(26)14-30-19-10-6-17(7-11-19)25-13-15(12-21(25)27)22(28)23-2/h4-11,15H,3,12-14H2,1-2H3,(H,23,28)(H,24,26). The van der Waals surface area contributed by atoms with Crippen molar-refractivity contribution in [3.05, 3.63) is 48.5 Å². The van der Waals surface area contributed by atoms with Crippen molar-refractivity contribution in [1.82, 2.24) is 5.32 Å². The molecule has 2 aromatic carbocycles. The van der Waals surface area contributed by atoms with Crippen LogP contribution in [-0.2, 0) is 14.4 Å². The molecule has 158 valence electrons. The molecule has 1 heterocycles. The zero-order valence-electron chi connectivity index (χ0n) is 17.0. The molecule has 1 unspecified atom stereocenters. The number of rotatable bonds is 8. The van der Waals surface area contributed by atoms with E-state index in [1.165, 1.54) is 0 Å². The van der Waals surface area contributed by atoms with Gasteiger partial charge in [-0.2, -0.15) is 0 Å². The van der Waals surface area contributed by atoms with Gasteiger partial charge in [0.15, 0.2) is 6.61 Å². The number of benzene rings is 2. The predicted molar refractivity (Wildman–Crippen MR) is 113 cm³/mol. The first-order valence-electron chi connectivity index (χ1n) is 9.77. The lowest BCUT2D eigenvalue weighted by Gasteiger charge is -2.17. The van der Waals surface area contributed by atoms with E-state index in [-0.39, 0.29) is 36.7 Å². The van der Waals surface area contributed by atoms with E-state index >= 15 is 0 Å². The minimum absolute atomic E-state index is 0.0907. The first kappa shape index (κ1) is 21.2. The Morgan fingerprint density at radius 2 is 1.67 bits per heavy atom. The van der Waals surface area contributed by atoms with E-state index in [0.29, 0.717) is 30.3 Å². The molecule has 2 N–H and O–H groups in total. The van der Waals surface area contributed by atoms with Gasteiger partial charge in [0, 0.05) is 31.4 Å². The quantitative estimate of drug-likeness (QED) is 0.694. The van der Waals surface area contributed by atoms with E-state index in [0.717, 1.165) is 5.75 Å². The van der Waals surface area contributed by atoms with Gasteiger partial charge in [0.2, 0.25) is 11.8 Å². The van der Waals surface area contributed by atoms with Crippen molar-refractivity contribution in [3.8, 4) is 11.5 Å². The lowest BCUT2D eigenvalue weighted by atomic mass is 10.1. The summed E-state index contributed by atoms with van der Waals surface area (Å²) in [5.41, 5.74) is 1.35. The number of hydrogen-bond donors (Lipinski definition) is 2. The second-order valence-corrected chi connectivity index (χ2v) is 6.81. The van der Waals surface area contributed by atoms with E-state index < -0.39 is 0 Å². The highest BCUT2D eigenvalue weighted by molar-refractivity contribution is 6.00. The van der Waals surface area contributed by atoms with Crippen LogP contribution in [0.2, 0.25) is 0 Å². The van der Waals surface area contributed by atoms with Gasteiger partial charge in [-0.1, -0.05) is 0 Å². The third-order valence-electron chi connectivity index (χ3n) is 4.71. The van der Waals surface area contributed by atoms with Crippen LogP contribution >= 0.6 is 0 Å². The summed E-state index contributed by atoms with van der Waals surface area (Å²) < 4.78 is 10.9. The normalized spacial score (nSPS) is 15.6. The third kappa shape index (κ3) is 5.28. The predicted octanol–water partition coefficient (Wildman–Crippen LogP) is 2.20. The van der Waals surface area contributed by atoms with E-state index in [1.807, 2.05) is 6.92 Å². The van der Waals surface area contributed by atoms with Crippen molar-refractivity contribution in [3.63, 3.8) is 0 Å². The molecule has 1 atom stereocenters. The molecule has 0 spiro atoms. The number of nitrogens with one attached hydrogen (secondary N) is 2. The SMILES string of the molecule is CCOc1ccc(NC(=O)COc2ccc(N3CC(C(=O)NC)CC3=O)cc2)cc1. The Morgan fingerprint density at radius 3 is 2.30 bits per heavy atom. The van der Waals surface area contributed by atoms with Gasteiger partial charge in [-0.3, -0.25) is 14.4 Å². The van der Waals surface area contributed by atoms with E-state index in [1.54, 1.807) is 60.5 Å². The van der Waals surface area contributed by atoms with Crippen molar-refractivity contribution in [2.24, 2.45) is 5.92 Å². The Hall–Kier alpha value is -3.55. The van der Waals surface area contributed by atoms with Crippen molar-refractivity contribution < 1.29 is 23.9 Å². The minimum atomic E-state index is -0.343. The number of carbonyl (C=O) groups is 3. The number of hydrogen-bond acceptors (Lipinski definition) is 5. The zero-order chi connectivity index (χ0) is 21.5. The molecule has 0 bridgehead atoms. The van der Waals surface area contributed by atoms with Gasteiger partial charge in [-0.05, 0) is 55.5 Å². The van der Waals surface area contributed by atoms with Crippen LogP contribution in [0.5, 0.6) is 11.5 Å². The summed E-state index contributed by atoms with van der Waals surface area (Å²) in [7, 11) is 1.56. The molecule has 3 amide bonds. The molecule has 8 nitrogen and oxygen atoms in total. The summed E-state index contributed by atoms with van der Waals surface area (Å²) in [6, 6.07) is 14.0. The maximum absolute atomic E-state index is 12.2. The molecule has 0 aliphatic carbocycles. The Morgan fingerprint density at radius 1 is 1.03 bits per heavy atom. The topological polar surface area (TPSA) is 97.0 Å². The minimum Gasteiger partial charge on any atom is -0.494 e. The van der Waals surface area contributed by atoms with Crippen LogP contribution in [0.15, 0.2) is 48.5 Å². The summed E-state index contributed by atoms with van der Waals surface area (Å²) in [4.78, 5) is 37.6. The van der Waals surface area contributed by atoms with Crippen LogP contribution in [0.4, 0.5) is 11.4 Å². The Labute approximate surface area is 175 Å².